The molecule has 1 saturated carbocycles. The molecule has 25 heavy (non-hydrogen) atoms. The van der Waals surface area contributed by atoms with E-state index in [9.17, 15) is 4.79 Å². The molecule has 2 atom stereocenters. The summed E-state index contributed by atoms with van der Waals surface area (Å²) in [5.41, 5.74) is 1.15. The second-order valence-electron chi connectivity index (χ2n) is 7.78. The minimum Gasteiger partial charge on any atom is -0.410 e. The zero-order chi connectivity index (χ0) is 18.4. The molecule has 1 aliphatic rings. The summed E-state index contributed by atoms with van der Waals surface area (Å²) in [5, 5.41) is 0. The average molecular weight is 347 g/mol. The number of amides is 1. The van der Waals surface area contributed by atoms with Gasteiger partial charge in [0.2, 0.25) is 0 Å². The van der Waals surface area contributed by atoms with E-state index < -0.39 is 0 Å². The van der Waals surface area contributed by atoms with Crippen LogP contribution < -0.4 is 4.74 Å². The van der Waals surface area contributed by atoms with E-state index >= 15 is 0 Å². The summed E-state index contributed by atoms with van der Waals surface area (Å²) in [7, 11) is 5.94. The predicted molar refractivity (Wildman–Crippen MR) is 103 cm³/mol. The van der Waals surface area contributed by atoms with Crippen LogP contribution in [0.5, 0.6) is 5.75 Å². The molecule has 1 aromatic rings. The summed E-state index contributed by atoms with van der Waals surface area (Å²) >= 11 is 0. The minimum atomic E-state index is -0.266. The van der Waals surface area contributed by atoms with Crippen molar-refractivity contribution >= 4 is 6.09 Å². The molecule has 0 radical (unpaired) electrons. The Kier molecular flexibility index (Phi) is 7.30. The van der Waals surface area contributed by atoms with E-state index in [2.05, 4.69) is 24.8 Å². The standard InChI is InChI=1S/C21H34N2O2/c1-16(14-18-10-7-6-8-11-18)23(5)21(24)25-20-13-9-12-19(15-20)17(2)22(3)4/h9,12-13,15-18H,6-8,10-11,14H2,1-5H3. The van der Waals surface area contributed by atoms with Crippen molar-refractivity contribution in [1.82, 2.24) is 9.80 Å². The second-order valence-corrected chi connectivity index (χ2v) is 7.78. The Morgan fingerprint density at radius 1 is 1.16 bits per heavy atom. The van der Waals surface area contributed by atoms with Crippen LogP contribution in [0.4, 0.5) is 4.79 Å². The van der Waals surface area contributed by atoms with Gasteiger partial charge in [-0.25, -0.2) is 4.79 Å². The number of rotatable bonds is 6. The Hall–Kier alpha value is -1.55. The molecule has 1 amide bonds. The molecule has 0 heterocycles. The van der Waals surface area contributed by atoms with Crippen molar-refractivity contribution in [2.45, 2.75) is 64.5 Å². The zero-order valence-corrected chi connectivity index (χ0v) is 16.5. The Labute approximate surface area is 153 Å². The van der Waals surface area contributed by atoms with Crippen molar-refractivity contribution in [3.05, 3.63) is 29.8 Å². The lowest BCUT2D eigenvalue weighted by Crippen LogP contribution is -2.38. The Balaban J connectivity index is 1.92. The fourth-order valence-corrected chi connectivity index (χ4v) is 3.55. The van der Waals surface area contributed by atoms with Crippen LogP contribution in [0.25, 0.3) is 0 Å². The van der Waals surface area contributed by atoms with Gasteiger partial charge in [0, 0.05) is 19.1 Å². The fraction of sp³-hybridized carbons (Fsp3) is 0.667. The van der Waals surface area contributed by atoms with Gasteiger partial charge in [-0.15, -0.1) is 0 Å². The molecule has 4 heteroatoms. The third-order valence-corrected chi connectivity index (χ3v) is 5.67. The van der Waals surface area contributed by atoms with Crippen LogP contribution in [0, 0.1) is 5.92 Å². The number of carbonyl (C=O) groups is 1. The smallest absolute Gasteiger partial charge is 0.410 e. The molecule has 140 valence electrons. The highest BCUT2D eigenvalue weighted by molar-refractivity contribution is 5.70. The maximum absolute atomic E-state index is 12.5. The van der Waals surface area contributed by atoms with Gasteiger partial charge in [-0.1, -0.05) is 44.2 Å². The van der Waals surface area contributed by atoms with Gasteiger partial charge in [-0.3, -0.25) is 0 Å². The number of hydrogen-bond acceptors (Lipinski definition) is 3. The quantitative estimate of drug-likeness (QED) is 0.718. The molecule has 0 bridgehead atoms. The van der Waals surface area contributed by atoms with E-state index in [1.54, 1.807) is 4.90 Å². The Morgan fingerprint density at radius 3 is 2.48 bits per heavy atom. The van der Waals surface area contributed by atoms with Crippen molar-refractivity contribution in [2.24, 2.45) is 5.92 Å². The van der Waals surface area contributed by atoms with Crippen LogP contribution in [0.1, 0.15) is 64.0 Å². The van der Waals surface area contributed by atoms with E-state index in [4.69, 9.17) is 4.74 Å². The fourth-order valence-electron chi connectivity index (χ4n) is 3.55. The summed E-state index contributed by atoms with van der Waals surface area (Å²) in [4.78, 5) is 16.4. The molecule has 1 aromatic carbocycles. The first-order chi connectivity index (χ1) is 11.9. The van der Waals surface area contributed by atoms with Crippen molar-refractivity contribution in [3.8, 4) is 5.75 Å². The molecule has 2 unspecified atom stereocenters. The summed E-state index contributed by atoms with van der Waals surface area (Å²) in [6, 6.07) is 8.31. The van der Waals surface area contributed by atoms with Crippen LogP contribution in [-0.4, -0.2) is 43.1 Å². The van der Waals surface area contributed by atoms with Crippen molar-refractivity contribution < 1.29 is 9.53 Å². The zero-order valence-electron chi connectivity index (χ0n) is 16.5. The van der Waals surface area contributed by atoms with Crippen LogP contribution in [0.15, 0.2) is 24.3 Å². The van der Waals surface area contributed by atoms with Crippen LogP contribution in [-0.2, 0) is 0 Å². The predicted octanol–water partition coefficient (Wildman–Crippen LogP) is 5.10. The molecule has 0 aliphatic heterocycles. The minimum absolute atomic E-state index is 0.208. The lowest BCUT2D eigenvalue weighted by molar-refractivity contribution is 0.138. The van der Waals surface area contributed by atoms with E-state index in [-0.39, 0.29) is 18.2 Å². The van der Waals surface area contributed by atoms with Crippen LogP contribution in [0.2, 0.25) is 0 Å². The van der Waals surface area contributed by atoms with Gasteiger partial charge in [0.25, 0.3) is 0 Å². The van der Waals surface area contributed by atoms with E-state index in [0.717, 1.165) is 17.9 Å². The first kappa shape index (κ1) is 19.8. The molecule has 0 spiro atoms. The van der Waals surface area contributed by atoms with Gasteiger partial charge in [0.15, 0.2) is 0 Å². The maximum atomic E-state index is 12.5. The van der Waals surface area contributed by atoms with Gasteiger partial charge in [-0.05, 0) is 58.0 Å². The normalized spacial score (nSPS) is 18.0. The van der Waals surface area contributed by atoms with Crippen molar-refractivity contribution in [3.63, 3.8) is 0 Å². The molecule has 0 aromatic heterocycles. The van der Waals surface area contributed by atoms with Gasteiger partial charge >= 0.3 is 6.09 Å². The topological polar surface area (TPSA) is 32.8 Å². The Bertz CT molecular complexity index is 553. The van der Waals surface area contributed by atoms with Crippen molar-refractivity contribution in [2.75, 3.05) is 21.1 Å². The molecule has 1 aliphatic carbocycles. The molecular weight excluding hydrogens is 312 g/mol. The van der Waals surface area contributed by atoms with Gasteiger partial charge in [0.05, 0.1) is 0 Å². The number of benzene rings is 1. The molecule has 2 rings (SSSR count). The van der Waals surface area contributed by atoms with Gasteiger partial charge in [-0.2, -0.15) is 0 Å². The van der Waals surface area contributed by atoms with Gasteiger partial charge < -0.3 is 14.5 Å². The van der Waals surface area contributed by atoms with Crippen LogP contribution in [0.3, 0.4) is 0 Å². The summed E-state index contributed by atoms with van der Waals surface area (Å²) in [6.07, 6.45) is 7.45. The molecule has 0 saturated heterocycles. The van der Waals surface area contributed by atoms with E-state index in [0.29, 0.717) is 5.75 Å². The average Bonchev–Trinajstić information content (AvgIpc) is 2.61. The van der Waals surface area contributed by atoms with Crippen molar-refractivity contribution in [1.29, 1.82) is 0 Å². The lowest BCUT2D eigenvalue weighted by Gasteiger charge is -2.29. The first-order valence-corrected chi connectivity index (χ1v) is 9.59. The van der Waals surface area contributed by atoms with E-state index in [1.807, 2.05) is 39.3 Å². The summed E-state index contributed by atoms with van der Waals surface area (Å²) < 4.78 is 5.63. The number of carbonyl (C=O) groups excluding carboxylic acids is 1. The molecule has 0 N–H and O–H groups in total. The maximum Gasteiger partial charge on any atom is 0.415 e. The first-order valence-electron chi connectivity index (χ1n) is 9.59. The highest BCUT2D eigenvalue weighted by Crippen LogP contribution is 2.28. The monoisotopic (exact) mass is 346 g/mol. The van der Waals surface area contributed by atoms with E-state index in [1.165, 1.54) is 32.1 Å². The summed E-state index contributed by atoms with van der Waals surface area (Å²) in [5.74, 6) is 1.37. The highest BCUT2D eigenvalue weighted by Gasteiger charge is 2.23. The second kappa shape index (κ2) is 9.23. The number of hydrogen-bond donors (Lipinski definition) is 0. The largest absolute Gasteiger partial charge is 0.415 e. The number of ether oxygens (including phenoxy) is 1. The van der Waals surface area contributed by atoms with Gasteiger partial charge in [0.1, 0.15) is 5.75 Å². The lowest BCUT2D eigenvalue weighted by atomic mass is 9.85. The van der Waals surface area contributed by atoms with Crippen LogP contribution >= 0.6 is 0 Å². The third kappa shape index (κ3) is 5.74. The SMILES string of the molecule is CC(c1cccc(OC(=O)N(C)C(C)CC2CCCCC2)c1)N(C)C. The number of nitrogens with zero attached hydrogens (tertiary/aromatic N) is 2. The highest BCUT2D eigenvalue weighted by atomic mass is 16.6. The third-order valence-electron chi connectivity index (χ3n) is 5.67. The molecule has 1 fully saturated rings. The summed E-state index contributed by atoms with van der Waals surface area (Å²) in [6.45, 7) is 4.26. The molecular formula is C21H34N2O2. The molecule has 4 nitrogen and oxygen atoms in total. The Morgan fingerprint density at radius 2 is 1.84 bits per heavy atom.